The number of nitrogens with zero attached hydrogens (tertiary/aromatic N) is 1. The lowest BCUT2D eigenvalue weighted by molar-refractivity contribution is 0.283. The molecule has 0 saturated heterocycles. The highest BCUT2D eigenvalue weighted by atomic mass is 79.9. The molecule has 16 heavy (non-hydrogen) atoms. The first kappa shape index (κ1) is 14.1. The highest BCUT2D eigenvalue weighted by molar-refractivity contribution is 9.10. The summed E-state index contributed by atoms with van der Waals surface area (Å²) in [4.78, 5) is 2.32. The molecule has 0 saturated carbocycles. The molecule has 0 N–H and O–H groups in total. The third-order valence-corrected chi connectivity index (χ3v) is 3.08. The fourth-order valence-corrected chi connectivity index (χ4v) is 2.68. The molecule has 0 radical (unpaired) electrons. The van der Waals surface area contributed by atoms with Gasteiger partial charge in [-0.3, -0.25) is 4.90 Å². The van der Waals surface area contributed by atoms with Crippen LogP contribution in [0.1, 0.15) is 18.9 Å². The fourth-order valence-electron chi connectivity index (χ4n) is 1.67. The monoisotopic (exact) mass is 351 g/mol. The van der Waals surface area contributed by atoms with E-state index >= 15 is 0 Å². The van der Waals surface area contributed by atoms with Gasteiger partial charge in [0.2, 0.25) is 0 Å². The fraction of sp³-hybridized carbons (Fsp3) is 0.500. The van der Waals surface area contributed by atoms with Crippen molar-refractivity contribution in [3.63, 3.8) is 0 Å². The van der Waals surface area contributed by atoms with Gasteiger partial charge in [-0.15, -0.1) is 0 Å². The highest BCUT2D eigenvalue weighted by Gasteiger charge is 2.06. The van der Waals surface area contributed by atoms with Gasteiger partial charge in [0, 0.05) is 22.9 Å². The molecule has 0 aliphatic rings. The lowest BCUT2D eigenvalue weighted by Gasteiger charge is -2.20. The van der Waals surface area contributed by atoms with Crippen LogP contribution >= 0.6 is 31.9 Å². The van der Waals surface area contributed by atoms with E-state index in [1.165, 1.54) is 6.07 Å². The lowest BCUT2D eigenvalue weighted by Crippen LogP contribution is -2.26. The summed E-state index contributed by atoms with van der Waals surface area (Å²) in [6, 6.07) is 5.06. The van der Waals surface area contributed by atoms with E-state index in [-0.39, 0.29) is 5.82 Å². The summed E-state index contributed by atoms with van der Waals surface area (Å²) < 4.78 is 14.0. The van der Waals surface area contributed by atoms with E-state index in [4.69, 9.17) is 0 Å². The maximum Gasteiger partial charge on any atom is 0.124 e. The van der Waals surface area contributed by atoms with Crippen molar-refractivity contribution in [2.75, 3.05) is 18.4 Å². The molecule has 0 spiro atoms. The second-order valence-electron chi connectivity index (χ2n) is 3.74. The van der Waals surface area contributed by atoms with Crippen LogP contribution in [0.5, 0.6) is 0 Å². The molecule has 1 nitrogen and oxygen atoms in total. The van der Waals surface area contributed by atoms with Crippen LogP contribution in [0.2, 0.25) is 0 Å². The zero-order valence-electron chi connectivity index (χ0n) is 9.35. The van der Waals surface area contributed by atoms with Crippen LogP contribution < -0.4 is 0 Å². The Morgan fingerprint density at radius 3 is 2.56 bits per heavy atom. The molecule has 0 atom stereocenters. The topological polar surface area (TPSA) is 3.24 Å². The van der Waals surface area contributed by atoms with Crippen molar-refractivity contribution < 1.29 is 4.39 Å². The van der Waals surface area contributed by atoms with Crippen LogP contribution in [-0.4, -0.2) is 23.3 Å². The minimum atomic E-state index is -0.181. The Labute approximate surface area is 113 Å². The highest BCUT2D eigenvalue weighted by Crippen LogP contribution is 2.16. The predicted molar refractivity (Wildman–Crippen MR) is 73.5 cm³/mol. The molecule has 0 unspecified atom stereocenters. The SMILES string of the molecule is CCCN(CCBr)Cc1cc(F)cc(Br)c1. The van der Waals surface area contributed by atoms with E-state index in [1.54, 1.807) is 6.07 Å². The second kappa shape index (κ2) is 7.41. The minimum absolute atomic E-state index is 0.181. The van der Waals surface area contributed by atoms with Gasteiger partial charge in [0.1, 0.15) is 5.82 Å². The van der Waals surface area contributed by atoms with Crippen LogP contribution in [-0.2, 0) is 6.54 Å². The number of alkyl halides is 1. The quantitative estimate of drug-likeness (QED) is 0.693. The molecule has 0 aliphatic heterocycles. The first-order valence-electron chi connectivity index (χ1n) is 5.39. The zero-order chi connectivity index (χ0) is 12.0. The van der Waals surface area contributed by atoms with Crippen molar-refractivity contribution in [2.24, 2.45) is 0 Å². The second-order valence-corrected chi connectivity index (χ2v) is 5.45. The molecule has 90 valence electrons. The van der Waals surface area contributed by atoms with E-state index in [0.29, 0.717) is 0 Å². The van der Waals surface area contributed by atoms with Crippen LogP contribution in [0.25, 0.3) is 0 Å². The third kappa shape index (κ3) is 4.93. The summed E-state index contributed by atoms with van der Waals surface area (Å²) in [6.07, 6.45) is 1.11. The zero-order valence-corrected chi connectivity index (χ0v) is 12.5. The summed E-state index contributed by atoms with van der Waals surface area (Å²) in [5, 5.41) is 0.948. The average Bonchev–Trinajstić information content (AvgIpc) is 2.16. The number of halogens is 3. The summed E-state index contributed by atoms with van der Waals surface area (Å²) in [5.41, 5.74) is 1.02. The Bertz CT molecular complexity index is 305. The Balaban J connectivity index is 2.68. The molecule has 1 rings (SSSR count). The van der Waals surface area contributed by atoms with Gasteiger partial charge in [0.15, 0.2) is 0 Å². The molecule has 0 bridgehead atoms. The van der Waals surface area contributed by atoms with Crippen LogP contribution in [0.3, 0.4) is 0 Å². The summed E-state index contributed by atoms with van der Waals surface area (Å²) >= 11 is 6.75. The first-order valence-corrected chi connectivity index (χ1v) is 7.30. The standard InChI is InChI=1S/C12H16Br2FN/c1-2-4-16(5-3-13)9-10-6-11(14)8-12(15)7-10/h6-8H,2-5,9H2,1H3. The van der Waals surface area contributed by atoms with Gasteiger partial charge in [-0.05, 0) is 36.7 Å². The molecule has 1 aromatic rings. The third-order valence-electron chi connectivity index (χ3n) is 2.27. The summed E-state index contributed by atoms with van der Waals surface area (Å²) in [5.74, 6) is -0.181. The molecule has 1 aromatic carbocycles. The normalized spacial score (nSPS) is 11.1. The smallest absolute Gasteiger partial charge is 0.124 e. The largest absolute Gasteiger partial charge is 0.298 e. The number of hydrogen-bond acceptors (Lipinski definition) is 1. The molecule has 0 heterocycles. The van der Waals surface area contributed by atoms with Crippen molar-refractivity contribution in [1.29, 1.82) is 0 Å². The maximum atomic E-state index is 13.2. The van der Waals surface area contributed by atoms with Crippen molar-refractivity contribution >= 4 is 31.9 Å². The molecule has 4 heteroatoms. The van der Waals surface area contributed by atoms with Gasteiger partial charge in [0.25, 0.3) is 0 Å². The van der Waals surface area contributed by atoms with E-state index in [0.717, 1.165) is 41.4 Å². The molecule has 0 aliphatic carbocycles. The van der Waals surface area contributed by atoms with Crippen molar-refractivity contribution in [3.05, 3.63) is 34.1 Å². The summed E-state index contributed by atoms with van der Waals surface area (Å²) in [7, 11) is 0. The number of benzene rings is 1. The number of hydrogen-bond donors (Lipinski definition) is 0. The summed E-state index contributed by atoms with van der Waals surface area (Å²) in [6.45, 7) is 4.99. The average molecular weight is 353 g/mol. The predicted octanol–water partition coefficient (Wildman–Crippen LogP) is 4.20. The first-order chi connectivity index (χ1) is 7.65. The van der Waals surface area contributed by atoms with E-state index in [9.17, 15) is 4.39 Å². The van der Waals surface area contributed by atoms with Crippen LogP contribution in [0, 0.1) is 5.82 Å². The van der Waals surface area contributed by atoms with Gasteiger partial charge in [-0.25, -0.2) is 4.39 Å². The van der Waals surface area contributed by atoms with Crippen molar-refractivity contribution in [2.45, 2.75) is 19.9 Å². The Kier molecular flexibility index (Phi) is 6.54. The molecular weight excluding hydrogens is 337 g/mol. The van der Waals surface area contributed by atoms with Gasteiger partial charge in [0.05, 0.1) is 0 Å². The van der Waals surface area contributed by atoms with E-state index in [2.05, 4.69) is 43.7 Å². The van der Waals surface area contributed by atoms with Crippen molar-refractivity contribution in [1.82, 2.24) is 4.90 Å². The van der Waals surface area contributed by atoms with E-state index in [1.807, 2.05) is 6.07 Å². The Morgan fingerprint density at radius 1 is 1.25 bits per heavy atom. The van der Waals surface area contributed by atoms with Gasteiger partial charge >= 0.3 is 0 Å². The Morgan fingerprint density at radius 2 is 2.00 bits per heavy atom. The maximum absolute atomic E-state index is 13.2. The van der Waals surface area contributed by atoms with E-state index < -0.39 is 0 Å². The molecule has 0 aromatic heterocycles. The van der Waals surface area contributed by atoms with Crippen LogP contribution in [0.15, 0.2) is 22.7 Å². The minimum Gasteiger partial charge on any atom is -0.298 e. The molecule has 0 fully saturated rings. The van der Waals surface area contributed by atoms with Gasteiger partial charge < -0.3 is 0 Å². The van der Waals surface area contributed by atoms with Gasteiger partial charge in [-0.2, -0.15) is 0 Å². The lowest BCUT2D eigenvalue weighted by atomic mass is 10.2. The van der Waals surface area contributed by atoms with Crippen LogP contribution in [0.4, 0.5) is 4.39 Å². The Hall–Kier alpha value is 0.0700. The van der Waals surface area contributed by atoms with Crippen molar-refractivity contribution in [3.8, 4) is 0 Å². The number of rotatable bonds is 6. The van der Waals surface area contributed by atoms with Gasteiger partial charge in [-0.1, -0.05) is 38.8 Å². The molecular formula is C12H16Br2FN. The molecule has 0 amide bonds.